The number of ether oxygens (including phenoxy) is 6. The molecule has 98 heavy (non-hydrogen) atoms. The second-order valence-electron chi connectivity index (χ2n) is 23.0. The molecular weight excluding hydrogens is 1200 g/mol. The maximum Gasteiger partial charge on any atom is 0.148 e. The van der Waals surface area contributed by atoms with Crippen LogP contribution in [0.2, 0.25) is 0 Å². The van der Waals surface area contributed by atoms with Crippen LogP contribution in [0.25, 0.3) is 44.5 Å². The van der Waals surface area contributed by atoms with Crippen molar-refractivity contribution in [3.8, 4) is 178 Å². The van der Waals surface area contributed by atoms with Crippen LogP contribution in [0.1, 0.15) is 85.8 Å². The van der Waals surface area contributed by atoms with E-state index in [1.165, 1.54) is 46.2 Å². The zero-order valence-electron chi connectivity index (χ0n) is 55.6. The van der Waals surface area contributed by atoms with E-state index in [2.05, 4.69) is 195 Å². The molecule has 0 saturated heterocycles. The summed E-state index contributed by atoms with van der Waals surface area (Å²) >= 11 is 0. The average molecular weight is 1280 g/mol. The maximum atomic E-state index is 5.81. The van der Waals surface area contributed by atoms with Gasteiger partial charge in [0, 0.05) is 29.4 Å². The van der Waals surface area contributed by atoms with Crippen LogP contribution in [0, 0.1) is 98.8 Å². The zero-order chi connectivity index (χ0) is 69.2. The van der Waals surface area contributed by atoms with Crippen LogP contribution in [-0.4, -0.2) is 39.6 Å². The van der Waals surface area contributed by atoms with Crippen LogP contribution in [-0.2, 0) is 10.8 Å². The summed E-state index contributed by atoms with van der Waals surface area (Å²) < 4.78 is 33.7. The summed E-state index contributed by atoms with van der Waals surface area (Å²) in [6.45, 7) is 5.86. The first kappa shape index (κ1) is 71.3. The lowest BCUT2D eigenvalue weighted by atomic mass is 9.68. The van der Waals surface area contributed by atoms with Crippen molar-refractivity contribution in [2.24, 2.45) is 0 Å². The van der Waals surface area contributed by atoms with E-state index in [0.29, 0.717) is 0 Å². The van der Waals surface area contributed by atoms with Gasteiger partial charge in [-0.15, -0.1) is 63.2 Å². The van der Waals surface area contributed by atoms with Gasteiger partial charge in [0.25, 0.3) is 0 Å². The molecular formula is C92H78O6. The monoisotopic (exact) mass is 1280 g/mol. The van der Waals surface area contributed by atoms with Crippen LogP contribution in [0.15, 0.2) is 243 Å². The number of rotatable bonds is 24. The topological polar surface area (TPSA) is 55.4 Å². The quantitative estimate of drug-likeness (QED) is 0.0444. The van der Waals surface area contributed by atoms with Crippen LogP contribution in [0.4, 0.5) is 0 Å². The van der Waals surface area contributed by atoms with Crippen molar-refractivity contribution < 1.29 is 28.4 Å². The Morgan fingerprint density at radius 2 is 0.592 bits per heavy atom. The van der Waals surface area contributed by atoms with E-state index < -0.39 is 5.41 Å². The minimum absolute atomic E-state index is 0.130. The normalized spacial score (nSPS) is 10.8. The summed E-state index contributed by atoms with van der Waals surface area (Å²) in [6.07, 6.45) is 48.7. The Kier molecular flexibility index (Phi) is 27.2. The second-order valence-corrected chi connectivity index (χ2v) is 23.0. The van der Waals surface area contributed by atoms with Crippen molar-refractivity contribution >= 4 is 0 Å². The number of hydrogen-bond donors (Lipinski definition) is 0. The summed E-state index contributed by atoms with van der Waals surface area (Å²) in [4.78, 5) is 0. The number of unbranched alkanes of at least 4 members (excludes halogenated alkanes) is 5. The third-order valence-electron chi connectivity index (χ3n) is 16.4. The minimum atomic E-state index is -0.470. The van der Waals surface area contributed by atoms with Gasteiger partial charge in [0.15, 0.2) is 0 Å². The predicted molar refractivity (Wildman–Crippen MR) is 403 cm³/mol. The van der Waals surface area contributed by atoms with Crippen molar-refractivity contribution in [1.29, 1.82) is 0 Å². The van der Waals surface area contributed by atoms with E-state index in [1.54, 1.807) is 0 Å². The zero-order valence-corrected chi connectivity index (χ0v) is 55.6. The summed E-state index contributed by atoms with van der Waals surface area (Å²) in [5, 5.41) is 0. The maximum absolute atomic E-state index is 5.81. The molecule has 6 nitrogen and oxygen atoms in total. The molecule has 0 amide bonds. The minimum Gasteiger partial charge on any atom is -0.481 e. The van der Waals surface area contributed by atoms with Gasteiger partial charge in [-0.3, -0.25) is 0 Å². The standard InChI is InChI=1S/C31H22O2.C30H22O2.C21H20O2.C10H14/c1-3-21-32-25-17-13-23(14-18-25)31(24-15-19-26(20-16-24)33-22-4-2)29-11-7-5-9-27(29)28-10-6-8-12-30(28)31;1-3-19-31-29-17-15-25(21-27(29)23-11-7-5-8-12-23)26-16-18-30(32-20-4-2)28(22-26)24-13-9-6-10-14-24;1-5-15-22-19-11-7-17(8-12-19)21(3,4)18-9-13-20(14-10-18)23-16-6-2;1-3-5-7-9-10-8-6-4-2/h1-2,5-20H,21-22H2;1-2,5-18,21-22H,19-20H2;1-2,7-14H,15-16H2,3-4H3;1-2H,5-10H2. The van der Waals surface area contributed by atoms with Gasteiger partial charge in [-0.1, -0.05) is 232 Å². The van der Waals surface area contributed by atoms with Crippen molar-refractivity contribution in [2.75, 3.05) is 39.6 Å². The van der Waals surface area contributed by atoms with E-state index in [0.717, 1.165) is 105 Å². The Morgan fingerprint density at radius 3 is 0.918 bits per heavy atom. The highest BCUT2D eigenvalue weighted by Gasteiger charge is 2.46. The fourth-order valence-corrected chi connectivity index (χ4v) is 11.6. The molecule has 1 aliphatic rings. The third-order valence-corrected chi connectivity index (χ3v) is 16.4. The SMILES string of the molecule is C#CCCCCCCC#C.C#CCOc1ccc(-c2ccc(OCC#C)c(-c3ccccc3)c2)cc1-c1ccccc1.C#CCOc1ccc(C(C)(C)c2ccc(OCC#C)cc2)cc1.C#CCOc1ccc(C2(c3ccc(OCC#C)cc3)c3ccccc3-c3ccccc32)cc1. The lowest BCUT2D eigenvalue weighted by molar-refractivity contribution is 0.369. The summed E-state index contributed by atoms with van der Waals surface area (Å²) in [6, 6.07) is 82.4. The predicted octanol–water partition coefficient (Wildman–Crippen LogP) is 19.4. The Hall–Kier alpha value is -12.5. The molecule has 0 radical (unpaired) electrons. The average Bonchev–Trinajstić information content (AvgIpc) is 1.53. The molecule has 6 heteroatoms. The molecule has 0 unspecified atom stereocenters. The fourth-order valence-electron chi connectivity index (χ4n) is 11.6. The molecule has 10 aromatic carbocycles. The van der Waals surface area contributed by atoms with Crippen molar-refractivity contribution in [3.63, 3.8) is 0 Å². The molecule has 10 aromatic rings. The van der Waals surface area contributed by atoms with Gasteiger partial charge in [-0.05, 0) is 152 Å². The lowest BCUT2D eigenvalue weighted by Gasteiger charge is -2.34. The van der Waals surface area contributed by atoms with Crippen LogP contribution >= 0.6 is 0 Å². The van der Waals surface area contributed by atoms with Crippen molar-refractivity contribution in [2.45, 2.75) is 63.2 Å². The largest absolute Gasteiger partial charge is 0.481 e. The van der Waals surface area contributed by atoms with E-state index in [4.69, 9.17) is 79.8 Å². The summed E-state index contributed by atoms with van der Waals surface area (Å²) in [5.74, 6) is 24.9. The molecule has 1 aliphatic carbocycles. The Labute approximate surface area is 581 Å². The van der Waals surface area contributed by atoms with Gasteiger partial charge in [-0.25, -0.2) is 0 Å². The van der Waals surface area contributed by atoms with Gasteiger partial charge in [0.05, 0.1) is 5.41 Å². The van der Waals surface area contributed by atoms with Gasteiger partial charge >= 0.3 is 0 Å². The number of fused-ring (bicyclic) bond motifs is 3. The highest BCUT2D eigenvalue weighted by Crippen LogP contribution is 2.56. The molecule has 0 fully saturated rings. The van der Waals surface area contributed by atoms with Crippen molar-refractivity contribution in [1.82, 2.24) is 0 Å². The van der Waals surface area contributed by atoms with Crippen molar-refractivity contribution in [3.05, 3.63) is 276 Å². The smallest absolute Gasteiger partial charge is 0.148 e. The molecule has 0 saturated carbocycles. The molecule has 0 atom stereocenters. The lowest BCUT2D eigenvalue weighted by Crippen LogP contribution is -2.28. The molecule has 11 rings (SSSR count). The Balaban J connectivity index is 0.000000178. The first-order valence-electron chi connectivity index (χ1n) is 32.3. The third kappa shape index (κ3) is 18.7. The summed E-state index contributed by atoms with van der Waals surface area (Å²) in [7, 11) is 0. The Bertz CT molecular complexity index is 4250. The van der Waals surface area contributed by atoms with Crippen LogP contribution < -0.4 is 28.4 Å². The molecule has 0 N–H and O–H groups in total. The van der Waals surface area contributed by atoms with E-state index >= 15 is 0 Å². The second kappa shape index (κ2) is 37.4. The van der Waals surface area contributed by atoms with Gasteiger partial charge in [0.2, 0.25) is 0 Å². The van der Waals surface area contributed by atoms with E-state index in [-0.39, 0.29) is 45.1 Å². The molecule has 0 aliphatic heterocycles. The van der Waals surface area contributed by atoms with E-state index in [1.807, 2.05) is 109 Å². The molecule has 482 valence electrons. The molecule has 0 spiro atoms. The number of hydrogen-bond acceptors (Lipinski definition) is 6. The van der Waals surface area contributed by atoms with E-state index in [9.17, 15) is 0 Å². The van der Waals surface area contributed by atoms with Crippen LogP contribution in [0.5, 0.6) is 34.5 Å². The highest BCUT2D eigenvalue weighted by molar-refractivity contribution is 5.86. The molecule has 0 aromatic heterocycles. The van der Waals surface area contributed by atoms with Gasteiger partial charge in [-0.2, -0.15) is 0 Å². The Morgan fingerprint density at radius 1 is 0.286 bits per heavy atom. The summed E-state index contributed by atoms with van der Waals surface area (Å²) in [5.41, 5.74) is 15.4. The number of benzene rings is 10. The van der Waals surface area contributed by atoms with Crippen LogP contribution in [0.3, 0.4) is 0 Å². The fraction of sp³-hybridized carbons (Fsp3) is 0.174. The highest BCUT2D eigenvalue weighted by atomic mass is 16.5. The first-order valence-corrected chi connectivity index (χ1v) is 32.3. The number of terminal acetylenes is 8. The van der Waals surface area contributed by atoms with Gasteiger partial charge < -0.3 is 28.4 Å². The molecule has 0 bridgehead atoms. The molecule has 0 heterocycles. The first-order chi connectivity index (χ1) is 48.1. The van der Waals surface area contributed by atoms with Gasteiger partial charge in [0.1, 0.15) is 74.1 Å².